The molecule has 0 saturated carbocycles. The molecule has 1 unspecified atom stereocenters. The van der Waals surface area contributed by atoms with Crippen molar-refractivity contribution in [1.82, 2.24) is 0 Å². The smallest absolute Gasteiger partial charge is 0.119 e. The summed E-state index contributed by atoms with van der Waals surface area (Å²) in [5.74, 6) is 0. The van der Waals surface area contributed by atoms with E-state index in [2.05, 4.69) is 0 Å². The molecule has 4 heavy (non-hydrogen) atoms. The van der Waals surface area contributed by atoms with E-state index in [9.17, 15) is 4.79 Å². The molecule has 0 fully saturated rings. The zero-order chi connectivity index (χ0) is 4.28. The van der Waals surface area contributed by atoms with Crippen LogP contribution in [0.2, 0.25) is 0 Å². The Morgan fingerprint density at radius 1 is 2.50 bits per heavy atom. The fourth-order valence-electron chi connectivity index (χ4n) is 0. The molecule has 0 radical (unpaired) electrons. The van der Waals surface area contributed by atoms with Crippen molar-refractivity contribution in [1.29, 1.82) is 0 Å². The molecule has 0 spiro atoms. The first-order valence-corrected chi connectivity index (χ1v) is 1.15. The third-order valence-electron chi connectivity index (χ3n) is 0.136. The van der Waals surface area contributed by atoms with Crippen molar-refractivity contribution >= 4 is 6.29 Å². The zero-order valence-corrected chi connectivity index (χ0v) is 2.56. The fourth-order valence-corrected chi connectivity index (χ4v) is 0. The lowest BCUT2D eigenvalue weighted by Crippen LogP contribution is -1.55. The van der Waals surface area contributed by atoms with Gasteiger partial charge in [-0.15, -0.1) is 0 Å². The van der Waals surface area contributed by atoms with Gasteiger partial charge in [0.25, 0.3) is 0 Å². The molecule has 0 aromatic heterocycles. The van der Waals surface area contributed by atoms with Crippen molar-refractivity contribution in [2.45, 2.75) is 13.3 Å². The molecule has 0 saturated heterocycles. The molecular weight excluding hydrogens is 52.0 g/mol. The predicted molar refractivity (Wildman–Crippen MR) is 16.4 cm³/mol. The maximum atomic E-state index is 9.32. The normalized spacial score (nSPS) is 17.8. The van der Waals surface area contributed by atoms with Crippen LogP contribution in [0.15, 0.2) is 0 Å². The summed E-state index contributed by atoms with van der Waals surface area (Å²) in [6.45, 7) is 1.52. The van der Waals surface area contributed by atoms with Crippen LogP contribution < -0.4 is 0 Å². The van der Waals surface area contributed by atoms with Gasteiger partial charge >= 0.3 is 0 Å². The third kappa shape index (κ3) is 1.67. The topological polar surface area (TPSA) is 17.1 Å². The first-order valence-electron chi connectivity index (χ1n) is 1.72. The first-order chi connectivity index (χ1) is 2.27. The van der Waals surface area contributed by atoms with E-state index in [1.165, 1.54) is 6.92 Å². The average Bonchev–Trinajstić information content (AvgIpc) is 1.38. The van der Waals surface area contributed by atoms with Crippen LogP contribution in [0.4, 0.5) is 0 Å². The van der Waals surface area contributed by atoms with E-state index in [0.717, 1.165) is 0 Å². The summed E-state index contributed by atoms with van der Waals surface area (Å²) in [7, 11) is 0. The number of rotatable bonds is 1. The Balaban J connectivity index is 2.83. The lowest BCUT2D eigenvalue weighted by Gasteiger charge is -1.51. The monoisotopic (exact) mass is 59.0 g/mol. The Morgan fingerprint density at radius 2 is 2.75 bits per heavy atom. The molecule has 24 valence electrons. The fraction of sp³-hybridized carbons (Fsp3) is 0.667. The maximum absolute atomic E-state index is 9.32. The van der Waals surface area contributed by atoms with E-state index in [-0.39, 0.29) is 0 Å². The van der Waals surface area contributed by atoms with Crippen molar-refractivity contribution < 1.29 is 6.17 Å². The van der Waals surface area contributed by atoms with Crippen LogP contribution in [-0.2, 0) is 4.79 Å². The summed E-state index contributed by atoms with van der Waals surface area (Å²) >= 11 is 0. The number of hydrogen-bond acceptors (Lipinski definition) is 1. The summed E-state index contributed by atoms with van der Waals surface area (Å²) in [5, 5.41) is 0. The SMILES string of the molecule is [2H]C(C)C=O. The van der Waals surface area contributed by atoms with E-state index in [4.69, 9.17) is 1.37 Å². The largest absolute Gasteiger partial charge is 0.303 e. The Morgan fingerprint density at radius 3 is 2.75 bits per heavy atom. The third-order valence-corrected chi connectivity index (χ3v) is 0.136. The molecule has 0 heterocycles. The molecule has 0 aliphatic carbocycles. The molecule has 1 atom stereocenters. The molecule has 0 aromatic rings. The lowest BCUT2D eigenvalue weighted by atomic mass is 10.6. The van der Waals surface area contributed by atoms with Crippen molar-refractivity contribution in [2.75, 3.05) is 0 Å². The van der Waals surface area contributed by atoms with Crippen LogP contribution in [0, 0.1) is 0 Å². The number of aldehydes is 1. The molecular formula is C3H6O. The van der Waals surface area contributed by atoms with E-state index < -0.39 is 6.40 Å². The molecule has 0 bridgehead atoms. The minimum Gasteiger partial charge on any atom is -0.303 e. The van der Waals surface area contributed by atoms with Gasteiger partial charge in [0.05, 0.1) is 0 Å². The Bertz CT molecular complexity index is 33.9. The summed E-state index contributed by atoms with van der Waals surface area (Å²) in [5.41, 5.74) is 0. The van der Waals surface area contributed by atoms with Crippen LogP contribution in [0.25, 0.3) is 0 Å². The summed E-state index contributed by atoms with van der Waals surface area (Å²) in [6, 6.07) is 0. The maximum Gasteiger partial charge on any atom is 0.119 e. The number of carbonyl (C=O) groups excluding carboxylic acids is 1. The van der Waals surface area contributed by atoms with Gasteiger partial charge in [0.1, 0.15) is 6.29 Å². The summed E-state index contributed by atoms with van der Waals surface area (Å²) in [4.78, 5) is 9.32. The predicted octanol–water partition coefficient (Wildman–Crippen LogP) is 0.595. The Labute approximate surface area is 27.0 Å². The number of hydrogen-bond donors (Lipinski definition) is 0. The first kappa shape index (κ1) is 1.94. The highest BCUT2D eigenvalue weighted by molar-refractivity contribution is 5.48. The molecule has 0 amide bonds. The van der Waals surface area contributed by atoms with Gasteiger partial charge in [0.15, 0.2) is 0 Å². The molecule has 0 aliphatic heterocycles. The summed E-state index contributed by atoms with van der Waals surface area (Å²) in [6.07, 6.45) is 0.0370. The van der Waals surface area contributed by atoms with Crippen LogP contribution in [0.3, 0.4) is 0 Å². The van der Waals surface area contributed by atoms with Gasteiger partial charge in [0, 0.05) is 7.77 Å². The quantitative estimate of drug-likeness (QED) is 0.404. The minimum absolute atomic E-state index is 0.546. The van der Waals surface area contributed by atoms with Crippen molar-refractivity contribution in [3.63, 3.8) is 0 Å². The Hall–Kier alpha value is -0.330. The minimum atomic E-state index is -0.546. The molecule has 1 nitrogen and oxygen atoms in total. The van der Waals surface area contributed by atoms with Gasteiger partial charge in [-0.1, -0.05) is 6.92 Å². The van der Waals surface area contributed by atoms with Gasteiger partial charge in [0.2, 0.25) is 0 Å². The van der Waals surface area contributed by atoms with Crippen LogP contribution in [-0.4, -0.2) is 6.29 Å². The zero-order valence-electron chi connectivity index (χ0n) is 3.56. The second kappa shape index (κ2) is 2.67. The van der Waals surface area contributed by atoms with E-state index in [1.807, 2.05) is 0 Å². The van der Waals surface area contributed by atoms with Gasteiger partial charge in [-0.3, -0.25) is 0 Å². The Kier molecular flexibility index (Phi) is 1.30. The number of carbonyl (C=O) groups is 1. The molecule has 0 rings (SSSR count). The molecule has 1 heteroatoms. The van der Waals surface area contributed by atoms with Crippen LogP contribution >= 0.6 is 0 Å². The highest BCUT2D eigenvalue weighted by atomic mass is 16.1. The standard InChI is InChI=1S/C3H6O/c1-2-3-4/h3H,2H2,1H3/i2D. The molecule has 0 aromatic carbocycles. The van der Waals surface area contributed by atoms with E-state index in [0.29, 0.717) is 6.29 Å². The van der Waals surface area contributed by atoms with Crippen LogP contribution in [0.1, 0.15) is 14.7 Å². The average molecular weight is 59.1 g/mol. The van der Waals surface area contributed by atoms with Gasteiger partial charge in [-0.05, 0) is 0 Å². The highest BCUT2D eigenvalue weighted by Crippen LogP contribution is 1.53. The van der Waals surface area contributed by atoms with Crippen molar-refractivity contribution in [3.8, 4) is 0 Å². The van der Waals surface area contributed by atoms with Gasteiger partial charge in [-0.25, -0.2) is 0 Å². The van der Waals surface area contributed by atoms with Gasteiger partial charge < -0.3 is 4.79 Å². The highest BCUT2D eigenvalue weighted by Gasteiger charge is 1.52. The second-order valence-electron chi connectivity index (χ2n) is 0.469. The summed E-state index contributed by atoms with van der Waals surface area (Å²) < 4.78 is 6.46. The van der Waals surface area contributed by atoms with E-state index in [1.54, 1.807) is 0 Å². The lowest BCUT2D eigenvalue weighted by molar-refractivity contribution is -0.107. The molecule has 0 N–H and O–H groups in total. The van der Waals surface area contributed by atoms with Crippen LogP contribution in [0.5, 0.6) is 0 Å². The second-order valence-corrected chi connectivity index (χ2v) is 0.469. The van der Waals surface area contributed by atoms with E-state index >= 15 is 0 Å². The van der Waals surface area contributed by atoms with Gasteiger partial charge in [-0.2, -0.15) is 0 Å². The van der Waals surface area contributed by atoms with Crippen molar-refractivity contribution in [2.24, 2.45) is 0 Å². The van der Waals surface area contributed by atoms with Crippen molar-refractivity contribution in [3.05, 3.63) is 0 Å². The molecule has 0 aliphatic rings.